The molecule has 2 atom stereocenters. The average molecular weight is 607 g/mol. The van der Waals surface area contributed by atoms with E-state index in [9.17, 15) is 0 Å². The maximum atomic E-state index is 2.48. The summed E-state index contributed by atoms with van der Waals surface area (Å²) in [6.45, 7) is 0. The van der Waals surface area contributed by atoms with Gasteiger partial charge in [-0.1, -0.05) is 158 Å². The van der Waals surface area contributed by atoms with Crippen LogP contribution in [0.15, 0.2) is 170 Å². The van der Waals surface area contributed by atoms with Crippen molar-refractivity contribution in [2.45, 2.75) is 0 Å². The van der Waals surface area contributed by atoms with E-state index in [0.29, 0.717) is 5.92 Å². The molecule has 4 aliphatic rings. The summed E-state index contributed by atoms with van der Waals surface area (Å²) in [6, 6.07) is 53.7. The van der Waals surface area contributed by atoms with Crippen LogP contribution >= 0.6 is 0 Å². The van der Waals surface area contributed by atoms with Gasteiger partial charge in [0.05, 0.1) is 0 Å². The summed E-state index contributed by atoms with van der Waals surface area (Å²) < 4.78 is 0. The van der Waals surface area contributed by atoms with Crippen LogP contribution in [-0.2, 0) is 0 Å². The number of rotatable bonds is 3. The molecule has 7 aromatic carbocycles. The highest BCUT2D eigenvalue weighted by molar-refractivity contribution is 6.22. The van der Waals surface area contributed by atoms with E-state index in [2.05, 4.69) is 170 Å². The molecule has 0 saturated carbocycles. The van der Waals surface area contributed by atoms with Gasteiger partial charge in [0, 0.05) is 11.8 Å². The molecular formula is C48H30. The zero-order chi connectivity index (χ0) is 31.3. The van der Waals surface area contributed by atoms with Crippen molar-refractivity contribution in [2.75, 3.05) is 0 Å². The summed E-state index contributed by atoms with van der Waals surface area (Å²) in [7, 11) is 0. The zero-order valence-electron chi connectivity index (χ0n) is 26.3. The predicted octanol–water partition coefficient (Wildman–Crippen LogP) is 12.5. The summed E-state index contributed by atoms with van der Waals surface area (Å²) in [4.78, 5) is 0. The van der Waals surface area contributed by atoms with Crippen molar-refractivity contribution in [2.24, 2.45) is 11.8 Å². The molecule has 48 heavy (non-hydrogen) atoms. The van der Waals surface area contributed by atoms with Gasteiger partial charge in [0.1, 0.15) is 0 Å². The Kier molecular flexibility index (Phi) is 5.32. The van der Waals surface area contributed by atoms with Crippen LogP contribution in [0.5, 0.6) is 0 Å². The van der Waals surface area contributed by atoms with Gasteiger partial charge in [0.2, 0.25) is 0 Å². The first-order chi connectivity index (χ1) is 23.8. The molecule has 11 rings (SSSR count). The number of benzene rings is 7. The highest BCUT2D eigenvalue weighted by atomic mass is 14.5. The topological polar surface area (TPSA) is 0 Å². The van der Waals surface area contributed by atoms with Gasteiger partial charge < -0.3 is 0 Å². The fraction of sp³-hybridized carbons (Fsp3) is 0.0417. The lowest BCUT2D eigenvalue weighted by molar-refractivity contribution is 0.758. The van der Waals surface area contributed by atoms with Gasteiger partial charge in [-0.3, -0.25) is 0 Å². The van der Waals surface area contributed by atoms with Gasteiger partial charge in [0.25, 0.3) is 0 Å². The molecule has 0 radical (unpaired) electrons. The molecule has 0 aliphatic heterocycles. The maximum absolute atomic E-state index is 2.48. The molecule has 0 fully saturated rings. The predicted molar refractivity (Wildman–Crippen MR) is 203 cm³/mol. The van der Waals surface area contributed by atoms with Crippen molar-refractivity contribution in [3.63, 3.8) is 0 Å². The molecule has 0 amide bonds. The van der Waals surface area contributed by atoms with Crippen molar-refractivity contribution in [1.29, 1.82) is 0 Å². The molecule has 7 aromatic rings. The van der Waals surface area contributed by atoms with Crippen LogP contribution in [0.1, 0.15) is 22.3 Å². The quantitative estimate of drug-likeness (QED) is 0.176. The Morgan fingerprint density at radius 3 is 1.25 bits per heavy atom. The Hall–Kier alpha value is -5.98. The van der Waals surface area contributed by atoms with Crippen LogP contribution in [0.2, 0.25) is 0 Å². The van der Waals surface area contributed by atoms with Crippen LogP contribution in [-0.4, -0.2) is 0 Å². The largest absolute Gasteiger partial charge is 0.0622 e. The van der Waals surface area contributed by atoms with E-state index in [0.717, 1.165) is 0 Å². The van der Waals surface area contributed by atoms with Crippen molar-refractivity contribution >= 4 is 43.8 Å². The molecule has 0 bridgehead atoms. The fourth-order valence-electron chi connectivity index (χ4n) is 9.32. The third-order valence-corrected chi connectivity index (χ3v) is 11.2. The second kappa shape index (κ2) is 9.77. The van der Waals surface area contributed by atoms with Crippen molar-refractivity contribution in [3.05, 3.63) is 192 Å². The fourth-order valence-corrected chi connectivity index (χ4v) is 9.32. The standard InChI is InChI=1S/C48H30/c1-4-13-29(14-5-1)34-21-12-22-35-36-23-24-38-46-39(26-25-37(44(34)35)45(36)46)48-43(31-17-8-3-9-18-31)41-28-33-20-11-10-19-32(33)27-40(41)42(47(38)48)30-15-6-2-7-16-30/h1-28,45-46H. The molecule has 4 aliphatic carbocycles. The molecule has 0 heterocycles. The Morgan fingerprint density at radius 1 is 0.292 bits per heavy atom. The minimum atomic E-state index is 0.271. The average Bonchev–Trinajstić information content (AvgIpc) is 3.66. The van der Waals surface area contributed by atoms with Gasteiger partial charge in [-0.05, 0) is 112 Å². The maximum Gasteiger partial charge on any atom is 0.0212 e. The van der Waals surface area contributed by atoms with Gasteiger partial charge >= 0.3 is 0 Å². The van der Waals surface area contributed by atoms with Gasteiger partial charge in [-0.2, -0.15) is 0 Å². The molecule has 2 unspecified atom stereocenters. The summed E-state index contributed by atoms with van der Waals surface area (Å²) >= 11 is 0. The smallest absolute Gasteiger partial charge is 0.0212 e. The first-order valence-corrected chi connectivity index (χ1v) is 17.0. The zero-order valence-corrected chi connectivity index (χ0v) is 26.3. The van der Waals surface area contributed by atoms with E-state index in [1.165, 1.54) is 99.5 Å². The number of hydrogen-bond acceptors (Lipinski definition) is 0. The van der Waals surface area contributed by atoms with Gasteiger partial charge in [0.15, 0.2) is 0 Å². The van der Waals surface area contributed by atoms with Crippen LogP contribution in [0.25, 0.3) is 77.2 Å². The molecule has 0 aromatic heterocycles. The number of hydrogen-bond donors (Lipinski definition) is 0. The van der Waals surface area contributed by atoms with Crippen LogP contribution < -0.4 is 0 Å². The monoisotopic (exact) mass is 606 g/mol. The Balaban J connectivity index is 1.28. The molecule has 0 N–H and O–H groups in total. The van der Waals surface area contributed by atoms with Crippen LogP contribution in [0, 0.1) is 11.8 Å². The minimum absolute atomic E-state index is 0.271. The first kappa shape index (κ1) is 26.1. The first-order valence-electron chi connectivity index (χ1n) is 17.0. The van der Waals surface area contributed by atoms with Crippen LogP contribution in [0.3, 0.4) is 0 Å². The second-order valence-electron chi connectivity index (χ2n) is 13.5. The van der Waals surface area contributed by atoms with E-state index in [-0.39, 0.29) is 5.92 Å². The summed E-state index contributed by atoms with van der Waals surface area (Å²) in [5.41, 5.74) is 19.3. The number of allylic oxidation sites excluding steroid dienone is 8. The molecule has 0 heteroatoms. The van der Waals surface area contributed by atoms with E-state index in [4.69, 9.17) is 0 Å². The van der Waals surface area contributed by atoms with E-state index >= 15 is 0 Å². The third-order valence-electron chi connectivity index (χ3n) is 11.2. The van der Waals surface area contributed by atoms with E-state index in [1.54, 1.807) is 0 Å². The van der Waals surface area contributed by atoms with Crippen LogP contribution in [0.4, 0.5) is 0 Å². The molecule has 0 spiro atoms. The lowest BCUT2D eigenvalue weighted by Crippen LogP contribution is -2.17. The number of fused-ring (bicyclic) bond motifs is 8. The normalized spacial score (nSPS) is 18.1. The van der Waals surface area contributed by atoms with Gasteiger partial charge in [-0.25, -0.2) is 0 Å². The molecule has 222 valence electrons. The highest BCUT2D eigenvalue weighted by Crippen LogP contribution is 2.66. The van der Waals surface area contributed by atoms with E-state index in [1.807, 2.05) is 0 Å². The SMILES string of the molecule is C1=C2c3cccc(-c4ccccc4)c3C3=CC=C4c5c(c(-c6ccccc6)c6cc7ccccc7cc6c5-c5ccccc5)C(=C1)C4C23. The van der Waals surface area contributed by atoms with Crippen molar-refractivity contribution < 1.29 is 0 Å². The Labute approximate surface area is 280 Å². The lowest BCUT2D eigenvalue weighted by Gasteiger charge is -2.31. The van der Waals surface area contributed by atoms with E-state index < -0.39 is 0 Å². The Morgan fingerprint density at radius 2 is 0.708 bits per heavy atom. The van der Waals surface area contributed by atoms with Crippen molar-refractivity contribution in [3.8, 4) is 33.4 Å². The summed E-state index contributed by atoms with van der Waals surface area (Å²) in [5, 5.41) is 5.20. The minimum Gasteiger partial charge on any atom is -0.0622 e. The lowest BCUT2D eigenvalue weighted by atomic mass is 9.71. The highest BCUT2D eigenvalue weighted by Gasteiger charge is 2.49. The molecular weight excluding hydrogens is 577 g/mol. The van der Waals surface area contributed by atoms with Gasteiger partial charge in [-0.15, -0.1) is 0 Å². The Bertz CT molecular complexity index is 2630. The third kappa shape index (κ3) is 3.44. The second-order valence-corrected chi connectivity index (χ2v) is 13.5. The summed E-state index contributed by atoms with van der Waals surface area (Å²) in [5.74, 6) is 0.568. The molecule has 0 nitrogen and oxygen atoms in total. The van der Waals surface area contributed by atoms with Crippen molar-refractivity contribution in [1.82, 2.24) is 0 Å². The molecule has 0 saturated heterocycles. The summed E-state index contributed by atoms with van der Waals surface area (Å²) in [6.07, 6.45) is 9.86.